The topological polar surface area (TPSA) is 59.6 Å². The molecule has 5 nitrogen and oxygen atoms in total. The molecule has 1 rings (SSSR count). The zero-order valence-corrected chi connectivity index (χ0v) is 15.2. The minimum atomic E-state index is -0.507. The summed E-state index contributed by atoms with van der Waals surface area (Å²) in [5.74, 6) is 0.775. The van der Waals surface area contributed by atoms with Gasteiger partial charge in [0.2, 0.25) is 0 Å². The van der Waals surface area contributed by atoms with Crippen LogP contribution in [0.5, 0.6) is 5.75 Å². The highest BCUT2D eigenvalue weighted by atomic mass is 16.6. The predicted octanol–water partition coefficient (Wildman–Crippen LogP) is 4.05. The smallest absolute Gasteiger partial charge is 0.412 e. The molecule has 0 spiro atoms. The van der Waals surface area contributed by atoms with E-state index in [1.807, 2.05) is 32.9 Å². The van der Waals surface area contributed by atoms with Crippen LogP contribution < -0.4 is 15.4 Å². The average Bonchev–Trinajstić information content (AvgIpc) is 2.36. The van der Waals surface area contributed by atoms with Gasteiger partial charge in [0.1, 0.15) is 18.0 Å². The molecule has 130 valence electrons. The van der Waals surface area contributed by atoms with Crippen molar-refractivity contribution in [2.45, 2.75) is 47.1 Å². The summed E-state index contributed by atoms with van der Waals surface area (Å²) >= 11 is 0. The maximum absolute atomic E-state index is 11.7. The third-order valence-corrected chi connectivity index (χ3v) is 2.70. The van der Waals surface area contributed by atoms with E-state index in [4.69, 9.17) is 9.47 Å². The Bertz CT molecular complexity index is 484. The van der Waals surface area contributed by atoms with Crippen molar-refractivity contribution in [2.24, 2.45) is 5.41 Å². The van der Waals surface area contributed by atoms with E-state index in [-0.39, 0.29) is 5.41 Å². The summed E-state index contributed by atoms with van der Waals surface area (Å²) in [5.41, 5.74) is 0.444. The van der Waals surface area contributed by atoms with Gasteiger partial charge in [0, 0.05) is 18.8 Å². The van der Waals surface area contributed by atoms with Crippen molar-refractivity contribution in [3.63, 3.8) is 0 Å². The lowest BCUT2D eigenvalue weighted by molar-refractivity contribution is 0.0636. The minimum absolute atomic E-state index is 0.273. The van der Waals surface area contributed by atoms with Crippen molar-refractivity contribution in [3.8, 4) is 5.75 Å². The Hall–Kier alpha value is -1.75. The van der Waals surface area contributed by atoms with Crippen molar-refractivity contribution in [2.75, 3.05) is 25.0 Å². The van der Waals surface area contributed by atoms with Crippen LogP contribution in [0.1, 0.15) is 41.5 Å². The zero-order chi connectivity index (χ0) is 17.5. The standard InChI is InChI=1S/C18H30N2O3/c1-17(2,3)13-19-11-12-22-15-9-7-14(8-10-15)20-16(21)23-18(4,5)6/h7-10,19H,11-13H2,1-6H3,(H,20,21). The van der Waals surface area contributed by atoms with E-state index >= 15 is 0 Å². The monoisotopic (exact) mass is 322 g/mol. The molecule has 0 radical (unpaired) electrons. The molecule has 1 aromatic rings. The van der Waals surface area contributed by atoms with Gasteiger partial charge in [0.15, 0.2) is 0 Å². The molecule has 5 heteroatoms. The average molecular weight is 322 g/mol. The molecule has 0 saturated carbocycles. The summed E-state index contributed by atoms with van der Waals surface area (Å²) in [4.78, 5) is 11.7. The van der Waals surface area contributed by atoms with Gasteiger partial charge in [0.25, 0.3) is 0 Å². The second kappa shape index (κ2) is 8.20. The summed E-state index contributed by atoms with van der Waals surface area (Å²) < 4.78 is 10.9. The highest BCUT2D eigenvalue weighted by Gasteiger charge is 2.16. The molecule has 0 unspecified atom stereocenters. The number of benzene rings is 1. The maximum atomic E-state index is 11.7. The number of ether oxygens (including phenoxy) is 2. The lowest BCUT2D eigenvalue weighted by Gasteiger charge is -2.20. The van der Waals surface area contributed by atoms with Crippen LogP contribution in [0.15, 0.2) is 24.3 Å². The van der Waals surface area contributed by atoms with Crippen LogP contribution in [0.4, 0.5) is 10.5 Å². The van der Waals surface area contributed by atoms with Crippen LogP contribution in [0.3, 0.4) is 0 Å². The van der Waals surface area contributed by atoms with Crippen LogP contribution in [-0.2, 0) is 4.74 Å². The molecule has 0 heterocycles. The van der Waals surface area contributed by atoms with Gasteiger partial charge in [-0.25, -0.2) is 4.79 Å². The van der Waals surface area contributed by atoms with E-state index in [1.165, 1.54) is 0 Å². The van der Waals surface area contributed by atoms with Gasteiger partial charge >= 0.3 is 6.09 Å². The van der Waals surface area contributed by atoms with Gasteiger partial charge < -0.3 is 14.8 Å². The van der Waals surface area contributed by atoms with Crippen LogP contribution >= 0.6 is 0 Å². The van der Waals surface area contributed by atoms with Crippen molar-refractivity contribution in [1.29, 1.82) is 0 Å². The molecule has 0 aromatic heterocycles. The van der Waals surface area contributed by atoms with E-state index < -0.39 is 11.7 Å². The molecule has 1 aromatic carbocycles. The Labute approximate surface area is 139 Å². The molecule has 0 atom stereocenters. The highest BCUT2D eigenvalue weighted by molar-refractivity contribution is 5.84. The van der Waals surface area contributed by atoms with Crippen LogP contribution in [0.2, 0.25) is 0 Å². The zero-order valence-electron chi connectivity index (χ0n) is 15.2. The Morgan fingerprint density at radius 2 is 1.65 bits per heavy atom. The van der Waals surface area contributed by atoms with Crippen LogP contribution in [-0.4, -0.2) is 31.4 Å². The van der Waals surface area contributed by atoms with Crippen molar-refractivity contribution in [3.05, 3.63) is 24.3 Å². The fraction of sp³-hybridized carbons (Fsp3) is 0.611. The first-order valence-electron chi connectivity index (χ1n) is 7.99. The van der Waals surface area contributed by atoms with Crippen molar-refractivity contribution in [1.82, 2.24) is 5.32 Å². The van der Waals surface area contributed by atoms with E-state index in [1.54, 1.807) is 12.1 Å². The molecule has 0 aliphatic rings. The molecule has 0 fully saturated rings. The first kappa shape index (κ1) is 19.3. The second-order valence-corrected chi connectivity index (χ2v) is 7.74. The molecular weight excluding hydrogens is 292 g/mol. The van der Waals surface area contributed by atoms with Gasteiger partial charge in [-0.05, 0) is 50.5 Å². The molecule has 23 heavy (non-hydrogen) atoms. The lowest BCUT2D eigenvalue weighted by Crippen LogP contribution is -2.30. The fourth-order valence-electron chi connectivity index (χ4n) is 1.76. The number of hydrogen-bond donors (Lipinski definition) is 2. The predicted molar refractivity (Wildman–Crippen MR) is 94.1 cm³/mol. The van der Waals surface area contributed by atoms with Gasteiger partial charge in [0.05, 0.1) is 0 Å². The molecule has 0 aliphatic carbocycles. The number of nitrogens with one attached hydrogen (secondary N) is 2. The maximum Gasteiger partial charge on any atom is 0.412 e. The summed E-state index contributed by atoms with van der Waals surface area (Å²) in [6, 6.07) is 7.25. The Morgan fingerprint density at radius 1 is 1.04 bits per heavy atom. The molecule has 0 saturated heterocycles. The first-order valence-corrected chi connectivity index (χ1v) is 7.99. The normalized spacial score (nSPS) is 11.9. The minimum Gasteiger partial charge on any atom is -0.492 e. The number of hydrogen-bond acceptors (Lipinski definition) is 4. The van der Waals surface area contributed by atoms with Gasteiger partial charge in [-0.2, -0.15) is 0 Å². The molecule has 2 N–H and O–H groups in total. The molecule has 0 bridgehead atoms. The first-order chi connectivity index (χ1) is 10.6. The molecular formula is C18H30N2O3. The highest BCUT2D eigenvalue weighted by Crippen LogP contribution is 2.17. The van der Waals surface area contributed by atoms with Crippen LogP contribution in [0.25, 0.3) is 0 Å². The molecule has 1 amide bonds. The van der Waals surface area contributed by atoms with Gasteiger partial charge in [-0.3, -0.25) is 5.32 Å². The van der Waals surface area contributed by atoms with Crippen molar-refractivity contribution >= 4 is 11.8 Å². The van der Waals surface area contributed by atoms with E-state index in [2.05, 4.69) is 31.4 Å². The number of carbonyl (C=O) groups excluding carboxylic acids is 1. The van der Waals surface area contributed by atoms with Gasteiger partial charge in [-0.15, -0.1) is 0 Å². The molecule has 0 aliphatic heterocycles. The van der Waals surface area contributed by atoms with E-state index in [0.717, 1.165) is 18.8 Å². The van der Waals surface area contributed by atoms with Crippen LogP contribution in [0, 0.1) is 5.41 Å². The lowest BCUT2D eigenvalue weighted by atomic mass is 9.97. The summed E-state index contributed by atoms with van der Waals surface area (Å²) in [6.07, 6.45) is -0.461. The number of carbonyl (C=O) groups is 1. The Kier molecular flexibility index (Phi) is 6.88. The quantitative estimate of drug-likeness (QED) is 0.776. The third-order valence-electron chi connectivity index (χ3n) is 2.70. The van der Waals surface area contributed by atoms with E-state index in [0.29, 0.717) is 12.3 Å². The fourth-order valence-corrected chi connectivity index (χ4v) is 1.76. The summed E-state index contributed by atoms with van der Waals surface area (Å²) in [6.45, 7) is 14.4. The second-order valence-electron chi connectivity index (χ2n) is 7.74. The Balaban J connectivity index is 2.32. The Morgan fingerprint density at radius 3 is 2.17 bits per heavy atom. The summed E-state index contributed by atoms with van der Waals surface area (Å²) in [5, 5.41) is 6.05. The third kappa shape index (κ3) is 9.79. The number of anilines is 1. The SMILES string of the molecule is CC(C)(C)CNCCOc1ccc(NC(=O)OC(C)(C)C)cc1. The van der Waals surface area contributed by atoms with Gasteiger partial charge in [-0.1, -0.05) is 20.8 Å². The largest absolute Gasteiger partial charge is 0.492 e. The number of rotatable bonds is 6. The van der Waals surface area contributed by atoms with Crippen molar-refractivity contribution < 1.29 is 14.3 Å². The number of amides is 1. The summed E-state index contributed by atoms with van der Waals surface area (Å²) in [7, 11) is 0. The van der Waals surface area contributed by atoms with E-state index in [9.17, 15) is 4.79 Å².